The van der Waals surface area contributed by atoms with Gasteiger partial charge in [-0.2, -0.15) is 0 Å². The fourth-order valence-electron chi connectivity index (χ4n) is 10.1. The lowest BCUT2D eigenvalue weighted by atomic mass is 9.64. The predicted molar refractivity (Wildman–Crippen MR) is 224 cm³/mol. The summed E-state index contributed by atoms with van der Waals surface area (Å²) in [5, 5.41) is 11.2. The van der Waals surface area contributed by atoms with Gasteiger partial charge < -0.3 is 15.4 Å². The second kappa shape index (κ2) is 12.3. The number of benzene rings is 6. The fourth-order valence-corrected chi connectivity index (χ4v) is 10.1. The van der Waals surface area contributed by atoms with Crippen molar-refractivity contribution in [2.45, 2.75) is 23.7 Å². The first-order valence-electron chi connectivity index (χ1n) is 19.8. The summed E-state index contributed by atoms with van der Waals surface area (Å²) in [5.74, 6) is 2.18. The number of rotatable bonds is 5. The van der Waals surface area contributed by atoms with Crippen LogP contribution in [0.15, 0.2) is 193 Å². The van der Waals surface area contributed by atoms with E-state index in [0.29, 0.717) is 6.04 Å². The third-order valence-electron chi connectivity index (χ3n) is 12.7. The highest BCUT2D eigenvalue weighted by atomic mass is 16.5. The van der Waals surface area contributed by atoms with Crippen molar-refractivity contribution in [2.24, 2.45) is 0 Å². The molecule has 56 heavy (non-hydrogen) atoms. The van der Waals surface area contributed by atoms with E-state index in [1.54, 1.807) is 0 Å². The molecule has 6 aromatic rings. The molecule has 0 aromatic heterocycles. The van der Waals surface area contributed by atoms with E-state index in [1.165, 1.54) is 78.1 Å². The molecule has 5 unspecified atom stereocenters. The van der Waals surface area contributed by atoms with Crippen LogP contribution in [-0.2, 0) is 10.2 Å². The molecule has 0 radical (unpaired) electrons. The first kappa shape index (κ1) is 31.9. The molecule has 6 aliphatic rings. The summed E-state index contributed by atoms with van der Waals surface area (Å²) in [6.45, 7) is 2.80. The summed E-state index contributed by atoms with van der Waals surface area (Å²) in [7, 11) is 0. The van der Waals surface area contributed by atoms with Crippen LogP contribution in [0.5, 0.6) is 0 Å². The topological polar surface area (TPSA) is 48.3 Å². The van der Waals surface area contributed by atoms with Gasteiger partial charge in [-0.1, -0.05) is 133 Å². The molecule has 1 saturated heterocycles. The van der Waals surface area contributed by atoms with Gasteiger partial charge in [0.1, 0.15) is 17.7 Å². The Morgan fingerprint density at radius 2 is 1.29 bits per heavy atom. The molecule has 1 spiro atoms. The Kier molecular flexibility index (Phi) is 7.01. The van der Waals surface area contributed by atoms with E-state index in [0.717, 1.165) is 31.1 Å². The molecule has 0 bridgehead atoms. The first-order chi connectivity index (χ1) is 27.7. The predicted octanol–water partition coefficient (Wildman–Crippen LogP) is 9.61. The van der Waals surface area contributed by atoms with E-state index in [4.69, 9.17) is 4.74 Å². The summed E-state index contributed by atoms with van der Waals surface area (Å²) in [6.07, 6.45) is 6.47. The normalized spacial score (nSPS) is 24.9. The minimum absolute atomic E-state index is 0.0235. The van der Waals surface area contributed by atoms with Crippen LogP contribution in [0.4, 0.5) is 0 Å². The lowest BCUT2D eigenvalue weighted by molar-refractivity contribution is 0.277. The number of ether oxygens (including phenoxy) is 1. The Bertz CT molecular complexity index is 2710. The summed E-state index contributed by atoms with van der Waals surface area (Å²) < 4.78 is 6.75. The Morgan fingerprint density at radius 1 is 0.607 bits per heavy atom. The van der Waals surface area contributed by atoms with E-state index >= 15 is 0 Å². The third-order valence-corrected chi connectivity index (χ3v) is 12.7. The Balaban J connectivity index is 0.941. The monoisotopic (exact) mass is 724 g/mol. The summed E-state index contributed by atoms with van der Waals surface area (Å²) in [5.41, 5.74) is 17.4. The number of hydrogen-bond acceptors (Lipinski definition) is 5. The van der Waals surface area contributed by atoms with E-state index in [-0.39, 0.29) is 17.6 Å². The zero-order valence-electron chi connectivity index (χ0n) is 30.9. The van der Waals surface area contributed by atoms with Crippen molar-refractivity contribution in [2.75, 3.05) is 19.6 Å². The van der Waals surface area contributed by atoms with Crippen molar-refractivity contribution in [1.82, 2.24) is 20.9 Å². The second-order valence-electron chi connectivity index (χ2n) is 15.8. The highest BCUT2D eigenvalue weighted by Crippen LogP contribution is 2.63. The van der Waals surface area contributed by atoms with Crippen LogP contribution in [-0.4, -0.2) is 30.6 Å². The Hall–Kier alpha value is -6.40. The number of hydrogen-bond donors (Lipinski definition) is 3. The smallest absolute Gasteiger partial charge is 0.131 e. The van der Waals surface area contributed by atoms with Crippen molar-refractivity contribution in [1.29, 1.82) is 0 Å². The van der Waals surface area contributed by atoms with Crippen LogP contribution in [0.3, 0.4) is 0 Å². The van der Waals surface area contributed by atoms with E-state index in [1.807, 2.05) is 6.20 Å². The van der Waals surface area contributed by atoms with Gasteiger partial charge in [-0.15, -0.1) is 0 Å². The van der Waals surface area contributed by atoms with Gasteiger partial charge in [-0.05, 0) is 91.5 Å². The van der Waals surface area contributed by atoms with Gasteiger partial charge in [0.2, 0.25) is 0 Å². The highest BCUT2D eigenvalue weighted by molar-refractivity contribution is 5.89. The molecule has 5 aliphatic heterocycles. The van der Waals surface area contributed by atoms with E-state index < -0.39 is 0 Å². The number of fused-ring (bicyclic) bond motifs is 9. The van der Waals surface area contributed by atoms with Crippen molar-refractivity contribution >= 4 is 5.70 Å². The molecule has 0 saturated carbocycles. The van der Waals surface area contributed by atoms with Gasteiger partial charge in [0.15, 0.2) is 0 Å². The third kappa shape index (κ3) is 4.81. The van der Waals surface area contributed by atoms with Gasteiger partial charge in [0.25, 0.3) is 0 Å². The highest BCUT2D eigenvalue weighted by Gasteiger charge is 2.60. The van der Waals surface area contributed by atoms with Crippen LogP contribution in [0, 0.1) is 0 Å². The van der Waals surface area contributed by atoms with Crippen LogP contribution in [0.2, 0.25) is 0 Å². The second-order valence-corrected chi connectivity index (χ2v) is 15.8. The van der Waals surface area contributed by atoms with Crippen LogP contribution >= 0.6 is 0 Å². The molecule has 6 aromatic carbocycles. The SMILES string of the molecule is C1=CC2=C(CN1)C1(C3=C(O2)C2CN2C3)c2ccccc2-c2ccc(-c3cccc(-c4cccc(C5=CC(c6ccccc6)NC(c6ccccc6)N5)c4)c3)cc21. The Labute approximate surface area is 327 Å². The van der Waals surface area contributed by atoms with Gasteiger partial charge in [-0.3, -0.25) is 10.2 Å². The first-order valence-corrected chi connectivity index (χ1v) is 19.8. The lowest BCUT2D eigenvalue weighted by Crippen LogP contribution is -2.41. The van der Waals surface area contributed by atoms with Crippen LogP contribution in [0.25, 0.3) is 39.1 Å². The van der Waals surface area contributed by atoms with Gasteiger partial charge >= 0.3 is 0 Å². The van der Waals surface area contributed by atoms with Gasteiger partial charge in [0.05, 0.1) is 17.5 Å². The molecular formula is C51H40N4O. The van der Waals surface area contributed by atoms with Crippen LogP contribution in [0.1, 0.15) is 40.0 Å². The summed E-state index contributed by atoms with van der Waals surface area (Å²) in [6, 6.07) is 56.1. The molecule has 5 heterocycles. The zero-order valence-corrected chi connectivity index (χ0v) is 30.9. The van der Waals surface area contributed by atoms with Crippen molar-refractivity contribution < 1.29 is 4.74 Å². The number of dihydropyridines is 1. The summed E-state index contributed by atoms with van der Waals surface area (Å²) >= 11 is 0. The lowest BCUT2D eigenvalue weighted by Gasteiger charge is -2.42. The molecule has 5 atom stereocenters. The maximum absolute atomic E-state index is 6.75. The number of nitrogens with zero attached hydrogens (tertiary/aromatic N) is 1. The average Bonchev–Trinajstić information content (AvgIpc) is 3.88. The zero-order chi connectivity index (χ0) is 36.8. The maximum atomic E-state index is 6.75. The standard InChI is InChI=1S/C51H40N4O/c1-3-11-32(12-4-1)45-28-46(54-50(53-45)33-13-5-2-6-14-33)38-18-10-17-36(26-38)34-15-9-16-35(25-34)37-21-22-40-39-19-7-8-20-41(39)51(42(40)27-37)43-29-52-24-23-48(43)56-49-44(51)30-55-31-47(49)55/h1-28,45,47,50,52-54H,29-31H2. The average molecular weight is 725 g/mol. The molecule has 1 fully saturated rings. The molecule has 3 N–H and O–H groups in total. The fraction of sp³-hybridized carbons (Fsp3) is 0.137. The van der Waals surface area contributed by atoms with Crippen LogP contribution < -0.4 is 16.0 Å². The van der Waals surface area contributed by atoms with E-state index in [2.05, 4.69) is 185 Å². The molecule has 12 rings (SSSR count). The minimum atomic E-state index is -0.354. The molecular weight excluding hydrogens is 685 g/mol. The molecule has 0 amide bonds. The quantitative estimate of drug-likeness (QED) is 0.155. The van der Waals surface area contributed by atoms with Gasteiger partial charge in [0, 0.05) is 42.7 Å². The van der Waals surface area contributed by atoms with Crippen molar-refractivity contribution in [3.05, 3.63) is 220 Å². The van der Waals surface area contributed by atoms with Gasteiger partial charge in [-0.25, -0.2) is 0 Å². The molecule has 270 valence electrons. The van der Waals surface area contributed by atoms with Crippen molar-refractivity contribution in [3.8, 4) is 33.4 Å². The molecule has 5 heteroatoms. The van der Waals surface area contributed by atoms with E-state index in [9.17, 15) is 0 Å². The number of allylic oxidation sites excluding steroid dienone is 1. The molecule has 1 aliphatic carbocycles. The minimum Gasteiger partial charge on any atom is -0.460 e. The molecule has 5 nitrogen and oxygen atoms in total. The summed E-state index contributed by atoms with van der Waals surface area (Å²) in [4.78, 5) is 2.54. The Morgan fingerprint density at radius 3 is 2.09 bits per heavy atom. The number of nitrogens with one attached hydrogen (secondary N) is 3. The maximum Gasteiger partial charge on any atom is 0.131 e. The van der Waals surface area contributed by atoms with Crippen molar-refractivity contribution in [3.63, 3.8) is 0 Å². The largest absolute Gasteiger partial charge is 0.460 e.